The number of nitrogens with two attached hydrogens (primary N) is 1. The third kappa shape index (κ3) is 3.99. The Hall–Kier alpha value is -1.99. The van der Waals surface area contributed by atoms with Gasteiger partial charge < -0.3 is 20.3 Å². The number of nitrogens with zero attached hydrogens (tertiary/aromatic N) is 2. The zero-order valence-electron chi connectivity index (χ0n) is 14.2. The van der Waals surface area contributed by atoms with Crippen molar-refractivity contribution in [2.75, 3.05) is 32.7 Å². The molecule has 0 aliphatic carbocycles. The quantitative estimate of drug-likeness (QED) is 0.884. The minimum absolute atomic E-state index is 0.0314. The van der Waals surface area contributed by atoms with Crippen LogP contribution in [-0.4, -0.2) is 66.5 Å². The smallest absolute Gasteiger partial charge is 0.256 e. The first-order valence-corrected chi connectivity index (χ1v) is 8.78. The molecule has 2 atom stereocenters. The summed E-state index contributed by atoms with van der Waals surface area (Å²) in [5.41, 5.74) is 5.67. The maximum absolute atomic E-state index is 13.8. The lowest BCUT2D eigenvalue weighted by molar-refractivity contribution is -0.142. The highest BCUT2D eigenvalue weighted by molar-refractivity contribution is 5.94. The van der Waals surface area contributed by atoms with Crippen LogP contribution in [0.5, 0.6) is 0 Å². The molecule has 0 bridgehead atoms. The summed E-state index contributed by atoms with van der Waals surface area (Å²) in [6.45, 7) is 2.34. The standard InChI is InChI=1S/C18H24FN3O3/c19-15-5-2-1-4-14(15)17(23)21-8-3-9-22(11-10-21)18(24)16-7-6-13(12-20)25-16/h1-2,4-5,13,16H,3,6-12,20H2/t13-,16+/m1/s1. The van der Waals surface area contributed by atoms with Crippen molar-refractivity contribution in [2.45, 2.75) is 31.5 Å². The molecule has 0 radical (unpaired) electrons. The highest BCUT2D eigenvalue weighted by Gasteiger charge is 2.34. The fourth-order valence-electron chi connectivity index (χ4n) is 3.41. The normalized spacial score (nSPS) is 24.2. The lowest BCUT2D eigenvalue weighted by atomic mass is 10.2. The average molecular weight is 349 g/mol. The highest BCUT2D eigenvalue weighted by Crippen LogP contribution is 2.21. The van der Waals surface area contributed by atoms with Gasteiger partial charge in [0.25, 0.3) is 11.8 Å². The number of carbonyl (C=O) groups is 2. The molecular formula is C18H24FN3O3. The van der Waals surface area contributed by atoms with Crippen LogP contribution in [0.25, 0.3) is 0 Å². The second-order valence-corrected chi connectivity index (χ2v) is 6.51. The largest absolute Gasteiger partial charge is 0.364 e. The molecule has 0 aromatic heterocycles. The predicted octanol–water partition coefficient (Wildman–Crippen LogP) is 1.01. The number of ether oxygens (including phenoxy) is 1. The summed E-state index contributed by atoms with van der Waals surface area (Å²) in [6, 6.07) is 5.98. The highest BCUT2D eigenvalue weighted by atomic mass is 19.1. The van der Waals surface area contributed by atoms with Crippen molar-refractivity contribution < 1.29 is 18.7 Å². The SMILES string of the molecule is NC[C@H]1CC[C@@H](C(=O)N2CCCN(C(=O)c3ccccc3F)CC2)O1. The maximum atomic E-state index is 13.8. The van der Waals surface area contributed by atoms with E-state index in [4.69, 9.17) is 10.5 Å². The van der Waals surface area contributed by atoms with E-state index >= 15 is 0 Å². The zero-order valence-corrected chi connectivity index (χ0v) is 14.2. The van der Waals surface area contributed by atoms with Gasteiger partial charge in [-0.15, -0.1) is 0 Å². The molecule has 2 fully saturated rings. The van der Waals surface area contributed by atoms with Crippen LogP contribution >= 0.6 is 0 Å². The number of rotatable bonds is 3. The zero-order chi connectivity index (χ0) is 17.8. The van der Waals surface area contributed by atoms with Crippen molar-refractivity contribution >= 4 is 11.8 Å². The number of hydrogen-bond acceptors (Lipinski definition) is 4. The molecule has 2 amide bonds. The van der Waals surface area contributed by atoms with Crippen molar-refractivity contribution in [1.82, 2.24) is 9.80 Å². The summed E-state index contributed by atoms with van der Waals surface area (Å²) in [5.74, 6) is -0.874. The lowest BCUT2D eigenvalue weighted by Crippen LogP contribution is -2.42. The molecular weight excluding hydrogens is 325 g/mol. The molecule has 2 aliphatic heterocycles. The van der Waals surface area contributed by atoms with Gasteiger partial charge in [-0.05, 0) is 31.4 Å². The first kappa shape index (κ1) is 17.8. The Morgan fingerprint density at radius 3 is 2.56 bits per heavy atom. The molecule has 1 aromatic rings. The van der Waals surface area contributed by atoms with E-state index in [1.807, 2.05) is 0 Å². The van der Waals surface area contributed by atoms with Crippen LogP contribution in [0.3, 0.4) is 0 Å². The lowest BCUT2D eigenvalue weighted by Gasteiger charge is -2.24. The van der Waals surface area contributed by atoms with E-state index in [1.165, 1.54) is 12.1 Å². The summed E-state index contributed by atoms with van der Waals surface area (Å²) in [7, 11) is 0. The van der Waals surface area contributed by atoms with E-state index in [0.29, 0.717) is 45.6 Å². The van der Waals surface area contributed by atoms with Crippen molar-refractivity contribution in [3.8, 4) is 0 Å². The van der Waals surface area contributed by atoms with E-state index in [2.05, 4.69) is 0 Å². The fraction of sp³-hybridized carbons (Fsp3) is 0.556. The first-order valence-electron chi connectivity index (χ1n) is 8.78. The number of halogens is 1. The van der Waals surface area contributed by atoms with Crippen LogP contribution in [0.4, 0.5) is 4.39 Å². The van der Waals surface area contributed by atoms with Crippen LogP contribution in [0.1, 0.15) is 29.6 Å². The second kappa shape index (κ2) is 7.93. The number of benzene rings is 1. The number of carbonyl (C=O) groups excluding carboxylic acids is 2. The molecule has 0 unspecified atom stereocenters. The first-order chi connectivity index (χ1) is 12.1. The van der Waals surface area contributed by atoms with Gasteiger partial charge in [0, 0.05) is 32.7 Å². The number of amides is 2. The fourth-order valence-corrected chi connectivity index (χ4v) is 3.41. The second-order valence-electron chi connectivity index (χ2n) is 6.51. The van der Waals surface area contributed by atoms with Crippen LogP contribution in [0.2, 0.25) is 0 Å². The molecule has 7 heteroatoms. The van der Waals surface area contributed by atoms with Gasteiger partial charge in [-0.1, -0.05) is 12.1 Å². The topological polar surface area (TPSA) is 75.9 Å². The van der Waals surface area contributed by atoms with Crippen LogP contribution in [0.15, 0.2) is 24.3 Å². The van der Waals surface area contributed by atoms with E-state index in [0.717, 1.165) is 6.42 Å². The minimum atomic E-state index is -0.517. The monoisotopic (exact) mass is 349 g/mol. The molecule has 3 rings (SSSR count). The van der Waals surface area contributed by atoms with Gasteiger partial charge in [0.05, 0.1) is 11.7 Å². The molecule has 0 spiro atoms. The van der Waals surface area contributed by atoms with Crippen molar-refractivity contribution in [3.63, 3.8) is 0 Å². The van der Waals surface area contributed by atoms with Gasteiger partial charge >= 0.3 is 0 Å². The molecule has 6 nitrogen and oxygen atoms in total. The predicted molar refractivity (Wildman–Crippen MR) is 90.4 cm³/mol. The molecule has 2 heterocycles. The molecule has 2 N–H and O–H groups in total. The van der Waals surface area contributed by atoms with Crippen LogP contribution < -0.4 is 5.73 Å². The van der Waals surface area contributed by atoms with Crippen molar-refractivity contribution in [2.24, 2.45) is 5.73 Å². The van der Waals surface area contributed by atoms with Gasteiger partial charge in [-0.25, -0.2) is 4.39 Å². The third-order valence-electron chi connectivity index (χ3n) is 4.84. The molecule has 2 saturated heterocycles. The summed E-state index contributed by atoms with van der Waals surface area (Å²) in [6.07, 6.45) is 1.69. The Balaban J connectivity index is 1.60. The third-order valence-corrected chi connectivity index (χ3v) is 4.84. The Bertz CT molecular complexity index is 640. The van der Waals surface area contributed by atoms with Crippen molar-refractivity contribution in [3.05, 3.63) is 35.6 Å². The summed E-state index contributed by atoms with van der Waals surface area (Å²) in [4.78, 5) is 28.5. The molecule has 1 aromatic carbocycles. The van der Waals surface area contributed by atoms with E-state index in [-0.39, 0.29) is 23.5 Å². The van der Waals surface area contributed by atoms with Gasteiger partial charge in [0.15, 0.2) is 0 Å². The van der Waals surface area contributed by atoms with Gasteiger partial charge in [-0.3, -0.25) is 9.59 Å². The van der Waals surface area contributed by atoms with Gasteiger partial charge in [-0.2, -0.15) is 0 Å². The molecule has 25 heavy (non-hydrogen) atoms. The Morgan fingerprint density at radius 2 is 1.84 bits per heavy atom. The molecule has 2 aliphatic rings. The van der Waals surface area contributed by atoms with Crippen molar-refractivity contribution in [1.29, 1.82) is 0 Å². The molecule has 136 valence electrons. The summed E-state index contributed by atoms with van der Waals surface area (Å²) < 4.78 is 19.5. The van der Waals surface area contributed by atoms with E-state index < -0.39 is 11.9 Å². The maximum Gasteiger partial charge on any atom is 0.256 e. The average Bonchev–Trinajstić information content (AvgIpc) is 2.98. The van der Waals surface area contributed by atoms with Crippen LogP contribution in [-0.2, 0) is 9.53 Å². The minimum Gasteiger partial charge on any atom is -0.364 e. The Labute approximate surface area is 146 Å². The van der Waals surface area contributed by atoms with E-state index in [1.54, 1.807) is 21.9 Å². The summed E-state index contributed by atoms with van der Waals surface area (Å²) >= 11 is 0. The molecule has 0 saturated carbocycles. The van der Waals surface area contributed by atoms with E-state index in [9.17, 15) is 14.0 Å². The van der Waals surface area contributed by atoms with Gasteiger partial charge in [0.2, 0.25) is 0 Å². The van der Waals surface area contributed by atoms with Crippen LogP contribution in [0, 0.1) is 5.82 Å². The number of hydrogen-bond donors (Lipinski definition) is 1. The van der Waals surface area contributed by atoms with Gasteiger partial charge in [0.1, 0.15) is 11.9 Å². The summed E-state index contributed by atoms with van der Waals surface area (Å²) in [5, 5.41) is 0. The Morgan fingerprint density at radius 1 is 1.12 bits per heavy atom. The Kier molecular flexibility index (Phi) is 5.65.